The molecule has 0 aliphatic rings. The minimum atomic E-state index is -0.571. The van der Waals surface area contributed by atoms with Crippen molar-refractivity contribution in [3.63, 3.8) is 0 Å². The molecule has 0 unspecified atom stereocenters. The molecule has 24 heavy (non-hydrogen) atoms. The average Bonchev–Trinajstić information content (AvgIpc) is 2.62. The third-order valence-electron chi connectivity index (χ3n) is 3.57. The summed E-state index contributed by atoms with van der Waals surface area (Å²) < 4.78 is 16.3. The molecule has 5 nitrogen and oxygen atoms in total. The second-order valence-electron chi connectivity index (χ2n) is 5.04. The zero-order chi connectivity index (χ0) is 16.9. The molecule has 3 rings (SSSR count). The van der Waals surface area contributed by atoms with Gasteiger partial charge < -0.3 is 14.2 Å². The number of carbonyl (C=O) groups excluding carboxylic acids is 1. The number of amides is 1. The molecule has 122 valence electrons. The molecule has 0 bridgehead atoms. The van der Waals surface area contributed by atoms with Crippen LogP contribution in [0.5, 0.6) is 17.2 Å². The maximum Gasteiger partial charge on any atom is 0.417 e. The quantitative estimate of drug-likeness (QED) is 0.770. The van der Waals surface area contributed by atoms with Gasteiger partial charge in [0.25, 0.3) is 0 Å². The minimum Gasteiger partial charge on any atom is -0.493 e. The fourth-order valence-electron chi connectivity index (χ4n) is 2.50. The van der Waals surface area contributed by atoms with Crippen molar-refractivity contribution in [2.45, 2.75) is 0 Å². The summed E-state index contributed by atoms with van der Waals surface area (Å²) >= 11 is 0. The Hall–Kier alpha value is -3.21. The number of hydrogen-bond donors (Lipinski definition) is 1. The molecule has 1 amide bonds. The minimum absolute atomic E-state index is 0.400. The van der Waals surface area contributed by atoms with E-state index in [0.29, 0.717) is 22.9 Å². The molecular weight excluding hydrogens is 306 g/mol. The highest BCUT2D eigenvalue weighted by Gasteiger charge is 2.16. The van der Waals surface area contributed by atoms with Crippen LogP contribution in [0.4, 0.5) is 10.5 Å². The van der Waals surface area contributed by atoms with E-state index >= 15 is 0 Å². The highest BCUT2D eigenvalue weighted by atomic mass is 16.6. The number of nitrogens with one attached hydrogen (secondary N) is 1. The first-order valence-corrected chi connectivity index (χ1v) is 7.40. The molecule has 0 atom stereocenters. The number of methoxy groups -OCH3 is 2. The van der Waals surface area contributed by atoms with Gasteiger partial charge >= 0.3 is 6.09 Å². The molecule has 3 aromatic carbocycles. The predicted octanol–water partition coefficient (Wildman–Crippen LogP) is 4.47. The summed E-state index contributed by atoms with van der Waals surface area (Å²) in [5.74, 6) is 1.50. The van der Waals surface area contributed by atoms with E-state index in [-0.39, 0.29) is 0 Å². The van der Waals surface area contributed by atoms with Crippen molar-refractivity contribution in [2.24, 2.45) is 0 Å². The Balaban J connectivity index is 1.95. The van der Waals surface area contributed by atoms with E-state index in [1.54, 1.807) is 32.4 Å². The van der Waals surface area contributed by atoms with E-state index in [9.17, 15) is 4.79 Å². The average molecular weight is 323 g/mol. The van der Waals surface area contributed by atoms with E-state index < -0.39 is 6.09 Å². The third kappa shape index (κ3) is 3.10. The summed E-state index contributed by atoms with van der Waals surface area (Å²) in [7, 11) is 3.12. The lowest BCUT2D eigenvalue weighted by atomic mass is 10.1. The normalized spacial score (nSPS) is 10.2. The van der Waals surface area contributed by atoms with Gasteiger partial charge in [0.05, 0.1) is 14.2 Å². The van der Waals surface area contributed by atoms with Gasteiger partial charge in [-0.15, -0.1) is 0 Å². The van der Waals surface area contributed by atoms with Gasteiger partial charge in [-0.1, -0.05) is 42.5 Å². The van der Waals surface area contributed by atoms with Crippen LogP contribution in [0.1, 0.15) is 0 Å². The van der Waals surface area contributed by atoms with Gasteiger partial charge in [0.15, 0.2) is 11.5 Å². The lowest BCUT2D eigenvalue weighted by Gasteiger charge is -2.15. The number of carbonyl (C=O) groups is 1. The Morgan fingerprint density at radius 1 is 0.833 bits per heavy atom. The van der Waals surface area contributed by atoms with Crippen molar-refractivity contribution in [1.29, 1.82) is 0 Å². The highest BCUT2D eigenvalue weighted by Crippen LogP contribution is 2.41. The van der Waals surface area contributed by atoms with Crippen molar-refractivity contribution in [3.8, 4) is 17.2 Å². The standard InChI is InChI=1S/C19H17NO4/c1-22-17-12-16(14-10-6-7-11-15(14)18(17)23-2)24-19(21)20-13-8-4-3-5-9-13/h3-12H,1-2H3,(H,20,21). The number of benzene rings is 3. The zero-order valence-electron chi connectivity index (χ0n) is 13.4. The Morgan fingerprint density at radius 2 is 1.50 bits per heavy atom. The molecule has 0 radical (unpaired) electrons. The van der Waals surface area contributed by atoms with Crippen LogP contribution in [-0.4, -0.2) is 20.3 Å². The molecule has 5 heteroatoms. The van der Waals surface area contributed by atoms with Crippen molar-refractivity contribution >= 4 is 22.6 Å². The van der Waals surface area contributed by atoms with E-state index in [1.165, 1.54) is 0 Å². The van der Waals surface area contributed by atoms with Crippen LogP contribution in [-0.2, 0) is 0 Å². The van der Waals surface area contributed by atoms with Gasteiger partial charge in [-0.25, -0.2) is 4.79 Å². The maximum absolute atomic E-state index is 12.2. The summed E-state index contributed by atoms with van der Waals surface area (Å²) in [5, 5.41) is 4.26. The van der Waals surface area contributed by atoms with Crippen molar-refractivity contribution < 1.29 is 19.0 Å². The van der Waals surface area contributed by atoms with Gasteiger partial charge in [0, 0.05) is 22.5 Å². The lowest BCUT2D eigenvalue weighted by molar-refractivity contribution is 0.215. The first kappa shape index (κ1) is 15.7. The van der Waals surface area contributed by atoms with Crippen molar-refractivity contribution in [1.82, 2.24) is 0 Å². The van der Waals surface area contributed by atoms with E-state index in [2.05, 4.69) is 5.32 Å². The summed E-state index contributed by atoms with van der Waals surface area (Å²) in [6.07, 6.45) is -0.571. The van der Waals surface area contributed by atoms with E-state index in [4.69, 9.17) is 14.2 Å². The molecule has 3 aromatic rings. The molecular formula is C19H17NO4. The first-order chi connectivity index (χ1) is 11.7. The Bertz CT molecular complexity index is 862. The summed E-state index contributed by atoms with van der Waals surface area (Å²) in [4.78, 5) is 12.2. The van der Waals surface area contributed by atoms with Crippen molar-refractivity contribution in [3.05, 3.63) is 60.7 Å². The Morgan fingerprint density at radius 3 is 2.17 bits per heavy atom. The Kier molecular flexibility index (Phi) is 4.52. The monoisotopic (exact) mass is 323 g/mol. The van der Waals surface area contributed by atoms with Crippen LogP contribution in [0.15, 0.2) is 60.7 Å². The molecule has 0 saturated carbocycles. The second-order valence-corrected chi connectivity index (χ2v) is 5.04. The van der Waals surface area contributed by atoms with Crippen LogP contribution in [0.25, 0.3) is 10.8 Å². The smallest absolute Gasteiger partial charge is 0.417 e. The van der Waals surface area contributed by atoms with Crippen LogP contribution >= 0.6 is 0 Å². The van der Waals surface area contributed by atoms with Crippen molar-refractivity contribution in [2.75, 3.05) is 19.5 Å². The van der Waals surface area contributed by atoms with Crippen LogP contribution in [0, 0.1) is 0 Å². The van der Waals surface area contributed by atoms with Gasteiger partial charge in [0.2, 0.25) is 0 Å². The van der Waals surface area contributed by atoms with Gasteiger partial charge in [-0.3, -0.25) is 5.32 Å². The zero-order valence-corrected chi connectivity index (χ0v) is 13.4. The number of fused-ring (bicyclic) bond motifs is 1. The lowest BCUT2D eigenvalue weighted by Crippen LogP contribution is -2.16. The maximum atomic E-state index is 12.2. The number of anilines is 1. The number of hydrogen-bond acceptors (Lipinski definition) is 4. The van der Waals surface area contributed by atoms with Gasteiger partial charge in [-0.2, -0.15) is 0 Å². The Labute approximate surface area is 139 Å². The number of ether oxygens (including phenoxy) is 3. The molecule has 0 heterocycles. The molecule has 0 spiro atoms. The van der Waals surface area contributed by atoms with Crippen LogP contribution < -0.4 is 19.5 Å². The molecule has 0 fully saturated rings. The molecule has 0 aliphatic heterocycles. The fourth-order valence-corrected chi connectivity index (χ4v) is 2.50. The largest absolute Gasteiger partial charge is 0.493 e. The fraction of sp³-hybridized carbons (Fsp3) is 0.105. The molecule has 0 aliphatic carbocycles. The summed E-state index contributed by atoms with van der Waals surface area (Å²) in [5.41, 5.74) is 0.660. The molecule has 0 aromatic heterocycles. The first-order valence-electron chi connectivity index (χ1n) is 7.40. The highest BCUT2D eigenvalue weighted by molar-refractivity contribution is 5.98. The number of rotatable bonds is 4. The molecule has 0 saturated heterocycles. The predicted molar refractivity (Wildman–Crippen MR) is 93.1 cm³/mol. The third-order valence-corrected chi connectivity index (χ3v) is 3.57. The number of para-hydroxylation sites is 1. The topological polar surface area (TPSA) is 56.8 Å². The molecule has 1 N–H and O–H groups in total. The SMILES string of the molecule is COc1cc(OC(=O)Nc2ccccc2)c2ccccc2c1OC. The van der Waals surface area contributed by atoms with E-state index in [1.807, 2.05) is 42.5 Å². The van der Waals surface area contributed by atoms with E-state index in [0.717, 1.165) is 10.8 Å². The summed E-state index contributed by atoms with van der Waals surface area (Å²) in [6, 6.07) is 18.3. The summed E-state index contributed by atoms with van der Waals surface area (Å²) in [6.45, 7) is 0. The van der Waals surface area contributed by atoms with Crippen LogP contribution in [0.3, 0.4) is 0 Å². The van der Waals surface area contributed by atoms with Gasteiger partial charge in [0.1, 0.15) is 5.75 Å². The van der Waals surface area contributed by atoms with Crippen LogP contribution in [0.2, 0.25) is 0 Å². The van der Waals surface area contributed by atoms with Gasteiger partial charge in [-0.05, 0) is 12.1 Å². The second kappa shape index (κ2) is 6.91.